The van der Waals surface area contributed by atoms with Gasteiger partial charge in [-0.2, -0.15) is 0 Å². The maximum absolute atomic E-state index is 12.7. The van der Waals surface area contributed by atoms with E-state index in [1.54, 1.807) is 11.3 Å². The van der Waals surface area contributed by atoms with Crippen LogP contribution in [0.25, 0.3) is 20.7 Å². The highest BCUT2D eigenvalue weighted by Crippen LogP contribution is 2.33. The molecule has 0 radical (unpaired) electrons. The van der Waals surface area contributed by atoms with Crippen molar-refractivity contribution in [1.29, 1.82) is 0 Å². The van der Waals surface area contributed by atoms with Crippen LogP contribution in [0.15, 0.2) is 58.0 Å². The molecule has 4 nitrogen and oxygen atoms in total. The number of nitrogens with zero attached hydrogens (tertiary/aromatic N) is 1. The monoisotopic (exact) mass is 395 g/mol. The standard InChI is InChI=1S/C21H21N3OS2/c1-14(22-11-5-9-15-7-3-2-4-8-15)19-23-20(25)18-16(13-27-21(18)24-19)17-10-6-12-26-17/h2-4,6-8,10,12-14,22H,5,9,11H2,1H3,(H,23,24,25)/t14-/m1/s1. The van der Waals surface area contributed by atoms with Crippen LogP contribution in [0.4, 0.5) is 0 Å². The summed E-state index contributed by atoms with van der Waals surface area (Å²) in [5.74, 6) is 0.701. The van der Waals surface area contributed by atoms with Crippen LogP contribution < -0.4 is 10.9 Å². The number of hydrogen-bond acceptors (Lipinski definition) is 5. The van der Waals surface area contributed by atoms with Gasteiger partial charge < -0.3 is 10.3 Å². The van der Waals surface area contributed by atoms with Gasteiger partial charge in [0.1, 0.15) is 10.7 Å². The van der Waals surface area contributed by atoms with Crippen molar-refractivity contribution in [1.82, 2.24) is 15.3 Å². The van der Waals surface area contributed by atoms with Crippen LogP contribution >= 0.6 is 22.7 Å². The van der Waals surface area contributed by atoms with Gasteiger partial charge >= 0.3 is 0 Å². The van der Waals surface area contributed by atoms with E-state index in [-0.39, 0.29) is 11.6 Å². The Labute approximate surface area is 165 Å². The summed E-state index contributed by atoms with van der Waals surface area (Å²) < 4.78 is 0. The van der Waals surface area contributed by atoms with Crippen LogP contribution in [0.1, 0.15) is 30.8 Å². The molecule has 0 bridgehead atoms. The highest BCUT2D eigenvalue weighted by atomic mass is 32.1. The second-order valence-corrected chi connectivity index (χ2v) is 8.33. The van der Waals surface area contributed by atoms with Gasteiger partial charge in [0.25, 0.3) is 5.56 Å². The predicted octanol–water partition coefficient (Wildman–Crippen LogP) is 5.00. The first-order chi connectivity index (χ1) is 13.2. The second kappa shape index (κ2) is 8.17. The molecule has 6 heteroatoms. The molecule has 0 aliphatic carbocycles. The Kier molecular flexibility index (Phi) is 5.48. The third kappa shape index (κ3) is 4.03. The van der Waals surface area contributed by atoms with E-state index in [0.29, 0.717) is 11.2 Å². The molecular formula is C21H21N3OS2. The maximum Gasteiger partial charge on any atom is 0.260 e. The molecule has 3 heterocycles. The first-order valence-electron chi connectivity index (χ1n) is 9.05. The molecule has 3 aromatic heterocycles. The average molecular weight is 396 g/mol. The van der Waals surface area contributed by atoms with Gasteiger partial charge in [-0.25, -0.2) is 4.98 Å². The average Bonchev–Trinajstić information content (AvgIpc) is 3.35. The van der Waals surface area contributed by atoms with E-state index < -0.39 is 0 Å². The number of nitrogens with one attached hydrogen (secondary N) is 2. The summed E-state index contributed by atoms with van der Waals surface area (Å²) in [5.41, 5.74) is 2.27. The van der Waals surface area contributed by atoms with Gasteiger partial charge in [0.15, 0.2) is 0 Å². The van der Waals surface area contributed by atoms with E-state index in [2.05, 4.69) is 34.6 Å². The molecule has 0 amide bonds. The lowest BCUT2D eigenvalue weighted by molar-refractivity contribution is 0.535. The van der Waals surface area contributed by atoms with Crippen molar-refractivity contribution in [3.63, 3.8) is 0 Å². The molecule has 0 saturated heterocycles. The molecule has 0 aliphatic heterocycles. The van der Waals surface area contributed by atoms with Crippen molar-refractivity contribution in [2.45, 2.75) is 25.8 Å². The molecule has 1 aromatic carbocycles. The minimum absolute atomic E-state index is 0.00478. The zero-order valence-corrected chi connectivity index (χ0v) is 16.7. The lowest BCUT2D eigenvalue weighted by atomic mass is 10.1. The molecule has 4 aromatic rings. The Morgan fingerprint density at radius 1 is 1.15 bits per heavy atom. The molecule has 1 atom stereocenters. The quantitative estimate of drug-likeness (QED) is 0.433. The Morgan fingerprint density at radius 2 is 2.00 bits per heavy atom. The van der Waals surface area contributed by atoms with Crippen LogP contribution in [0.3, 0.4) is 0 Å². The Morgan fingerprint density at radius 3 is 2.78 bits per heavy atom. The zero-order chi connectivity index (χ0) is 18.6. The summed E-state index contributed by atoms with van der Waals surface area (Å²) in [7, 11) is 0. The number of fused-ring (bicyclic) bond motifs is 1. The van der Waals surface area contributed by atoms with Crippen molar-refractivity contribution >= 4 is 32.9 Å². The van der Waals surface area contributed by atoms with Gasteiger partial charge in [0.05, 0.1) is 11.4 Å². The van der Waals surface area contributed by atoms with E-state index in [1.165, 1.54) is 16.9 Å². The normalized spacial score (nSPS) is 12.5. The summed E-state index contributed by atoms with van der Waals surface area (Å²) in [5, 5.41) is 8.22. The Hall–Kier alpha value is -2.28. The lowest BCUT2D eigenvalue weighted by Crippen LogP contribution is -2.24. The lowest BCUT2D eigenvalue weighted by Gasteiger charge is -2.13. The van der Waals surface area contributed by atoms with Gasteiger partial charge in [-0.3, -0.25) is 4.79 Å². The number of hydrogen-bond donors (Lipinski definition) is 2. The SMILES string of the molecule is C[C@@H](NCCCc1ccccc1)c1nc2scc(-c3cccs3)c2c(=O)[nH]1. The number of aromatic nitrogens is 2. The molecule has 0 unspecified atom stereocenters. The number of aryl methyl sites for hydroxylation is 1. The third-order valence-electron chi connectivity index (χ3n) is 4.59. The van der Waals surface area contributed by atoms with E-state index in [4.69, 9.17) is 4.98 Å². The Bertz CT molecular complexity index is 1070. The summed E-state index contributed by atoms with van der Waals surface area (Å²) in [4.78, 5) is 22.3. The predicted molar refractivity (Wildman–Crippen MR) is 115 cm³/mol. The molecule has 0 fully saturated rings. The zero-order valence-electron chi connectivity index (χ0n) is 15.1. The summed E-state index contributed by atoms with van der Waals surface area (Å²) in [6.45, 7) is 2.92. The maximum atomic E-state index is 12.7. The number of aromatic amines is 1. The molecule has 27 heavy (non-hydrogen) atoms. The molecule has 138 valence electrons. The van der Waals surface area contributed by atoms with Gasteiger partial charge in [0, 0.05) is 15.8 Å². The van der Waals surface area contributed by atoms with Crippen molar-refractivity contribution in [3.05, 3.63) is 75.0 Å². The Balaban J connectivity index is 1.45. The third-order valence-corrected chi connectivity index (χ3v) is 6.37. The van der Waals surface area contributed by atoms with Crippen molar-refractivity contribution in [2.75, 3.05) is 6.54 Å². The summed E-state index contributed by atoms with van der Waals surface area (Å²) in [6.07, 6.45) is 2.08. The van der Waals surface area contributed by atoms with Crippen LogP contribution in [0.5, 0.6) is 0 Å². The van der Waals surface area contributed by atoms with E-state index in [9.17, 15) is 4.79 Å². The summed E-state index contributed by atoms with van der Waals surface area (Å²) in [6, 6.07) is 14.5. The van der Waals surface area contributed by atoms with E-state index in [1.807, 2.05) is 35.9 Å². The highest BCUT2D eigenvalue weighted by Gasteiger charge is 2.16. The largest absolute Gasteiger partial charge is 0.309 e. The van der Waals surface area contributed by atoms with Crippen LogP contribution in [-0.4, -0.2) is 16.5 Å². The fourth-order valence-corrected chi connectivity index (χ4v) is 4.91. The van der Waals surface area contributed by atoms with Gasteiger partial charge in [0.2, 0.25) is 0 Å². The molecule has 0 spiro atoms. The minimum Gasteiger partial charge on any atom is -0.309 e. The molecule has 4 rings (SSSR count). The number of thiophene rings is 2. The van der Waals surface area contributed by atoms with Crippen molar-refractivity contribution in [3.8, 4) is 10.4 Å². The number of rotatable bonds is 7. The number of benzene rings is 1. The van der Waals surface area contributed by atoms with Crippen LogP contribution in [0.2, 0.25) is 0 Å². The fraction of sp³-hybridized carbons (Fsp3) is 0.238. The fourth-order valence-electron chi connectivity index (χ4n) is 3.14. The van der Waals surface area contributed by atoms with E-state index >= 15 is 0 Å². The van der Waals surface area contributed by atoms with Crippen molar-refractivity contribution < 1.29 is 0 Å². The molecular weight excluding hydrogens is 374 g/mol. The summed E-state index contributed by atoms with van der Waals surface area (Å²) >= 11 is 3.17. The topological polar surface area (TPSA) is 57.8 Å². The number of H-pyrrole nitrogens is 1. The first kappa shape index (κ1) is 18.1. The molecule has 2 N–H and O–H groups in total. The van der Waals surface area contributed by atoms with Gasteiger partial charge in [-0.1, -0.05) is 36.4 Å². The smallest absolute Gasteiger partial charge is 0.260 e. The van der Waals surface area contributed by atoms with Crippen LogP contribution in [0, 0.1) is 0 Å². The first-order valence-corrected chi connectivity index (χ1v) is 10.8. The van der Waals surface area contributed by atoms with Gasteiger partial charge in [-0.15, -0.1) is 22.7 Å². The van der Waals surface area contributed by atoms with Crippen LogP contribution in [-0.2, 0) is 6.42 Å². The minimum atomic E-state index is -0.0578. The second-order valence-electron chi connectivity index (χ2n) is 6.52. The van der Waals surface area contributed by atoms with Gasteiger partial charge in [-0.05, 0) is 43.3 Å². The highest BCUT2D eigenvalue weighted by molar-refractivity contribution is 7.18. The van der Waals surface area contributed by atoms with Crippen molar-refractivity contribution in [2.24, 2.45) is 0 Å². The molecule has 0 saturated carbocycles. The van der Waals surface area contributed by atoms with E-state index in [0.717, 1.165) is 34.7 Å². The molecule has 0 aliphatic rings.